The quantitative estimate of drug-likeness (QED) is 0.726. The molecule has 1 atom stereocenters. The van der Waals surface area contributed by atoms with Crippen LogP contribution in [0.1, 0.15) is 40.5 Å². The van der Waals surface area contributed by atoms with Crippen LogP contribution in [0, 0.1) is 10.8 Å². The lowest BCUT2D eigenvalue weighted by molar-refractivity contribution is -0.128. The van der Waals surface area contributed by atoms with E-state index in [4.69, 9.17) is 0 Å². The molecule has 0 aromatic heterocycles. The van der Waals surface area contributed by atoms with Crippen LogP contribution in [0.4, 0.5) is 0 Å². The minimum atomic E-state index is -0.325. The maximum absolute atomic E-state index is 11.6. The number of nitrogens with one attached hydrogen (secondary N) is 2. The molecule has 1 unspecified atom stereocenters. The van der Waals surface area contributed by atoms with Gasteiger partial charge in [0.15, 0.2) is 0 Å². The molecule has 1 amide bonds. The molecule has 2 N–H and O–H groups in total. The van der Waals surface area contributed by atoms with E-state index < -0.39 is 0 Å². The van der Waals surface area contributed by atoms with E-state index in [0.29, 0.717) is 11.5 Å². The van der Waals surface area contributed by atoms with Crippen LogP contribution in [-0.2, 0) is 4.79 Å². The zero-order valence-corrected chi connectivity index (χ0v) is 10.6. The third-order valence-corrected chi connectivity index (χ3v) is 3.78. The van der Waals surface area contributed by atoms with Gasteiger partial charge in [-0.3, -0.25) is 4.79 Å². The Hall–Kier alpha value is -0.570. The highest BCUT2D eigenvalue weighted by Crippen LogP contribution is 2.48. The van der Waals surface area contributed by atoms with Crippen LogP contribution < -0.4 is 10.6 Å². The minimum absolute atomic E-state index is 0.100. The molecular formula is C12H24N2O. The molecule has 0 radical (unpaired) electrons. The number of rotatable bonds is 5. The topological polar surface area (TPSA) is 41.1 Å². The summed E-state index contributed by atoms with van der Waals surface area (Å²) in [5.41, 5.74) is 0.146. The Morgan fingerprint density at radius 1 is 1.47 bits per heavy atom. The fourth-order valence-corrected chi connectivity index (χ4v) is 1.70. The first-order valence-corrected chi connectivity index (χ1v) is 5.77. The molecule has 15 heavy (non-hydrogen) atoms. The first-order valence-electron chi connectivity index (χ1n) is 5.77. The van der Waals surface area contributed by atoms with Crippen molar-refractivity contribution in [3.05, 3.63) is 0 Å². The summed E-state index contributed by atoms with van der Waals surface area (Å²) < 4.78 is 0. The van der Waals surface area contributed by atoms with Crippen LogP contribution in [-0.4, -0.2) is 25.5 Å². The third kappa shape index (κ3) is 2.94. The van der Waals surface area contributed by atoms with Gasteiger partial charge in [-0.05, 0) is 39.0 Å². The van der Waals surface area contributed by atoms with E-state index in [9.17, 15) is 4.79 Å². The van der Waals surface area contributed by atoms with Gasteiger partial charge in [0.2, 0.25) is 5.91 Å². The third-order valence-electron chi connectivity index (χ3n) is 3.78. The highest BCUT2D eigenvalue weighted by atomic mass is 16.2. The minimum Gasteiger partial charge on any atom is -0.359 e. The van der Waals surface area contributed by atoms with Crippen molar-refractivity contribution in [3.63, 3.8) is 0 Å². The van der Waals surface area contributed by atoms with Crippen molar-refractivity contribution in [3.8, 4) is 0 Å². The Kier molecular flexibility index (Phi) is 3.44. The van der Waals surface area contributed by atoms with Gasteiger partial charge < -0.3 is 10.6 Å². The van der Waals surface area contributed by atoms with Crippen molar-refractivity contribution < 1.29 is 4.79 Å². The lowest BCUT2D eigenvalue weighted by Crippen LogP contribution is -2.46. The van der Waals surface area contributed by atoms with E-state index in [0.717, 1.165) is 6.54 Å². The second-order valence-electron chi connectivity index (χ2n) is 5.72. The van der Waals surface area contributed by atoms with Gasteiger partial charge in [-0.2, -0.15) is 0 Å². The van der Waals surface area contributed by atoms with E-state index >= 15 is 0 Å². The highest BCUT2D eigenvalue weighted by molar-refractivity contribution is 5.81. The summed E-state index contributed by atoms with van der Waals surface area (Å²) in [5.74, 6) is 0.100. The summed E-state index contributed by atoms with van der Waals surface area (Å²) >= 11 is 0. The molecule has 1 fully saturated rings. The summed E-state index contributed by atoms with van der Waals surface area (Å²) in [6, 6.07) is 0.501. The molecule has 0 aromatic carbocycles. The first kappa shape index (κ1) is 12.5. The zero-order chi connectivity index (χ0) is 11.7. The lowest BCUT2D eigenvalue weighted by atomic mass is 9.91. The fraction of sp³-hybridized carbons (Fsp3) is 0.917. The van der Waals surface area contributed by atoms with Crippen LogP contribution >= 0.6 is 0 Å². The van der Waals surface area contributed by atoms with E-state index in [1.165, 1.54) is 12.8 Å². The molecule has 0 bridgehead atoms. The van der Waals surface area contributed by atoms with Crippen LogP contribution in [0.25, 0.3) is 0 Å². The zero-order valence-electron chi connectivity index (χ0n) is 10.6. The molecule has 0 saturated heterocycles. The van der Waals surface area contributed by atoms with Gasteiger partial charge in [-0.1, -0.05) is 6.92 Å². The Balaban J connectivity index is 2.38. The molecule has 1 aliphatic carbocycles. The molecule has 1 aliphatic rings. The van der Waals surface area contributed by atoms with Crippen LogP contribution in [0.2, 0.25) is 0 Å². The SMILES string of the molecule is CNC(=O)C(C)(C)CNC(C)C1(C)CC1. The number of carbonyl (C=O) groups excluding carboxylic acids is 1. The Morgan fingerprint density at radius 2 is 2.00 bits per heavy atom. The van der Waals surface area contributed by atoms with Crippen molar-refractivity contribution in [2.24, 2.45) is 10.8 Å². The van der Waals surface area contributed by atoms with Crippen molar-refractivity contribution in [2.45, 2.75) is 46.6 Å². The van der Waals surface area contributed by atoms with Gasteiger partial charge in [-0.15, -0.1) is 0 Å². The summed E-state index contributed by atoms with van der Waals surface area (Å²) in [6.07, 6.45) is 2.61. The second kappa shape index (κ2) is 4.12. The molecule has 88 valence electrons. The maximum atomic E-state index is 11.6. The van der Waals surface area contributed by atoms with Crippen molar-refractivity contribution in [1.82, 2.24) is 10.6 Å². The van der Waals surface area contributed by atoms with Gasteiger partial charge in [0.1, 0.15) is 0 Å². The van der Waals surface area contributed by atoms with Crippen molar-refractivity contribution in [2.75, 3.05) is 13.6 Å². The summed E-state index contributed by atoms with van der Waals surface area (Å²) in [7, 11) is 1.69. The van der Waals surface area contributed by atoms with Crippen molar-refractivity contribution in [1.29, 1.82) is 0 Å². The number of hydrogen-bond acceptors (Lipinski definition) is 2. The Bertz CT molecular complexity index is 244. The number of hydrogen-bond donors (Lipinski definition) is 2. The smallest absolute Gasteiger partial charge is 0.226 e. The normalized spacial score (nSPS) is 20.9. The van der Waals surface area contributed by atoms with Gasteiger partial charge in [0.05, 0.1) is 5.41 Å². The number of amides is 1. The predicted molar refractivity (Wildman–Crippen MR) is 62.7 cm³/mol. The lowest BCUT2D eigenvalue weighted by Gasteiger charge is -2.28. The van der Waals surface area contributed by atoms with E-state index in [1.54, 1.807) is 7.05 Å². The van der Waals surface area contributed by atoms with E-state index in [-0.39, 0.29) is 11.3 Å². The van der Waals surface area contributed by atoms with Crippen molar-refractivity contribution >= 4 is 5.91 Å². The van der Waals surface area contributed by atoms with Gasteiger partial charge >= 0.3 is 0 Å². The Labute approximate surface area is 93.0 Å². The molecular weight excluding hydrogens is 188 g/mol. The average Bonchev–Trinajstić information content (AvgIpc) is 2.93. The van der Waals surface area contributed by atoms with Crippen LogP contribution in [0.3, 0.4) is 0 Å². The summed E-state index contributed by atoms with van der Waals surface area (Å²) in [4.78, 5) is 11.6. The monoisotopic (exact) mass is 212 g/mol. The molecule has 1 rings (SSSR count). The van der Waals surface area contributed by atoms with E-state index in [2.05, 4.69) is 24.5 Å². The average molecular weight is 212 g/mol. The molecule has 0 aromatic rings. The van der Waals surface area contributed by atoms with E-state index in [1.807, 2.05) is 13.8 Å². The summed E-state index contributed by atoms with van der Waals surface area (Å²) in [5, 5.41) is 6.18. The molecule has 3 nitrogen and oxygen atoms in total. The predicted octanol–water partition coefficient (Wildman–Crippen LogP) is 1.54. The van der Waals surface area contributed by atoms with Gasteiger partial charge in [-0.25, -0.2) is 0 Å². The van der Waals surface area contributed by atoms with Crippen LogP contribution in [0.15, 0.2) is 0 Å². The first-order chi connectivity index (χ1) is 6.82. The van der Waals surface area contributed by atoms with Gasteiger partial charge in [0, 0.05) is 19.6 Å². The molecule has 0 spiro atoms. The largest absolute Gasteiger partial charge is 0.359 e. The number of carbonyl (C=O) groups is 1. The highest BCUT2D eigenvalue weighted by Gasteiger charge is 2.42. The fourth-order valence-electron chi connectivity index (χ4n) is 1.70. The molecule has 3 heteroatoms. The molecule has 1 saturated carbocycles. The summed E-state index contributed by atoms with van der Waals surface area (Å²) in [6.45, 7) is 9.20. The maximum Gasteiger partial charge on any atom is 0.226 e. The second-order valence-corrected chi connectivity index (χ2v) is 5.72. The molecule has 0 aliphatic heterocycles. The standard InChI is InChI=1S/C12H24N2O/c1-9(12(4)6-7-12)14-8-11(2,3)10(15)13-5/h9,14H,6-8H2,1-5H3,(H,13,15). The molecule has 0 heterocycles. The Morgan fingerprint density at radius 3 is 2.40 bits per heavy atom. The van der Waals surface area contributed by atoms with Crippen LogP contribution in [0.5, 0.6) is 0 Å². The van der Waals surface area contributed by atoms with Gasteiger partial charge in [0.25, 0.3) is 0 Å².